The van der Waals surface area contributed by atoms with Crippen molar-refractivity contribution in [1.29, 1.82) is 0 Å². The van der Waals surface area contributed by atoms with E-state index >= 15 is 0 Å². The minimum atomic E-state index is -0.0739. The van der Waals surface area contributed by atoms with Gasteiger partial charge in [0.05, 0.1) is 0 Å². The predicted molar refractivity (Wildman–Crippen MR) is 139 cm³/mol. The smallest absolute Gasteiger partial charge is 0.139 e. The normalized spacial score (nSPS) is 49.7. The van der Waals surface area contributed by atoms with E-state index in [1.54, 1.807) is 5.57 Å². The van der Waals surface area contributed by atoms with E-state index in [9.17, 15) is 4.79 Å². The Morgan fingerprint density at radius 2 is 1.64 bits per heavy atom. The van der Waals surface area contributed by atoms with Crippen molar-refractivity contribution in [2.45, 2.75) is 120 Å². The van der Waals surface area contributed by atoms with Gasteiger partial charge < -0.3 is 0 Å². The van der Waals surface area contributed by atoms with Crippen LogP contribution in [-0.4, -0.2) is 5.78 Å². The maximum Gasteiger partial charge on any atom is 0.139 e. The molecule has 0 amide bonds. The van der Waals surface area contributed by atoms with E-state index in [1.807, 2.05) is 0 Å². The fourth-order valence-corrected chi connectivity index (χ4v) is 10.7. The summed E-state index contributed by atoms with van der Waals surface area (Å²) in [6, 6.07) is 0. The molecule has 0 unspecified atom stereocenters. The van der Waals surface area contributed by atoms with Gasteiger partial charge in [0, 0.05) is 11.8 Å². The first kappa shape index (κ1) is 23.9. The molecule has 5 aliphatic rings. The first-order valence-corrected chi connectivity index (χ1v) is 14.2. The third kappa shape index (κ3) is 2.99. The van der Waals surface area contributed by atoms with Crippen molar-refractivity contribution in [2.24, 2.45) is 50.2 Å². The van der Waals surface area contributed by atoms with Gasteiger partial charge in [0.25, 0.3) is 0 Å². The van der Waals surface area contributed by atoms with Gasteiger partial charge in [-0.2, -0.15) is 0 Å². The molecule has 1 nitrogen and oxygen atoms in total. The maximum absolute atomic E-state index is 13.6. The summed E-state index contributed by atoms with van der Waals surface area (Å²) >= 11 is 0. The Labute approximate surface area is 204 Å². The van der Waals surface area contributed by atoms with Crippen LogP contribution in [0.15, 0.2) is 23.8 Å². The summed E-state index contributed by atoms with van der Waals surface area (Å²) < 4.78 is 0. The molecule has 0 radical (unpaired) electrons. The second-order valence-corrected chi connectivity index (χ2v) is 15.1. The zero-order valence-electron chi connectivity index (χ0n) is 22.9. The van der Waals surface area contributed by atoms with E-state index in [0.717, 1.165) is 24.7 Å². The molecule has 0 bridgehead atoms. The zero-order chi connectivity index (χ0) is 24.1. The zero-order valence-corrected chi connectivity index (χ0v) is 22.9. The van der Waals surface area contributed by atoms with E-state index in [4.69, 9.17) is 0 Å². The molecule has 7 atom stereocenters. The van der Waals surface area contributed by atoms with E-state index in [0.29, 0.717) is 39.8 Å². The average Bonchev–Trinajstić information content (AvgIpc) is 2.72. The Kier molecular flexibility index (Phi) is 5.14. The highest BCUT2D eigenvalue weighted by atomic mass is 16.1. The highest BCUT2D eigenvalue weighted by Crippen LogP contribution is 2.75. The van der Waals surface area contributed by atoms with Gasteiger partial charge in [-0.3, -0.25) is 4.79 Å². The topological polar surface area (TPSA) is 17.1 Å². The molecule has 3 saturated carbocycles. The van der Waals surface area contributed by atoms with Crippen molar-refractivity contribution in [2.75, 3.05) is 0 Å². The van der Waals surface area contributed by atoms with Crippen LogP contribution in [0.4, 0.5) is 0 Å². The van der Waals surface area contributed by atoms with Crippen LogP contribution in [0.5, 0.6) is 0 Å². The van der Waals surface area contributed by atoms with Crippen molar-refractivity contribution in [3.63, 3.8) is 0 Å². The van der Waals surface area contributed by atoms with Gasteiger partial charge >= 0.3 is 0 Å². The van der Waals surface area contributed by atoms with E-state index in [2.05, 4.69) is 73.6 Å². The summed E-state index contributed by atoms with van der Waals surface area (Å²) in [6.45, 7) is 19.9. The molecule has 184 valence electrons. The molecule has 0 aromatic carbocycles. The number of ketones is 1. The van der Waals surface area contributed by atoms with Crippen LogP contribution >= 0.6 is 0 Å². The van der Waals surface area contributed by atoms with Crippen molar-refractivity contribution >= 4 is 5.78 Å². The van der Waals surface area contributed by atoms with Crippen molar-refractivity contribution in [1.82, 2.24) is 0 Å². The summed E-state index contributed by atoms with van der Waals surface area (Å²) in [4.78, 5) is 13.6. The fourth-order valence-electron chi connectivity index (χ4n) is 10.7. The number of allylic oxidation sites excluding steroid dienone is 4. The molecule has 0 N–H and O–H groups in total. The Morgan fingerprint density at radius 1 is 0.939 bits per heavy atom. The van der Waals surface area contributed by atoms with Gasteiger partial charge in [0.1, 0.15) is 5.78 Å². The summed E-state index contributed by atoms with van der Waals surface area (Å²) in [5, 5.41) is 0. The Hall–Kier alpha value is -0.850. The second kappa shape index (κ2) is 7.10. The van der Waals surface area contributed by atoms with Crippen LogP contribution in [0.2, 0.25) is 0 Å². The molecule has 5 rings (SSSR count). The molecule has 0 spiro atoms. The van der Waals surface area contributed by atoms with E-state index in [-0.39, 0.29) is 10.8 Å². The lowest BCUT2D eigenvalue weighted by Crippen LogP contribution is -2.63. The monoisotopic (exact) mass is 450 g/mol. The molecular weight excluding hydrogens is 400 g/mol. The standard InChI is InChI=1S/C32H50O/c1-9-26(33)32-19-17-27(2,3)21-23(32)22-11-12-25-29(6)15-10-14-28(4,5)24(29)13-16-31(25,8)30(22,7)18-20-32/h10-11,14,23-25H,9,12-13,15-21H2,1-8H3/t23-,24-,25+,29-,30+,31+,32-/m0/s1. The average molecular weight is 451 g/mol. The Bertz CT molecular complexity index is 903. The summed E-state index contributed by atoms with van der Waals surface area (Å²) in [7, 11) is 0. The van der Waals surface area contributed by atoms with Crippen LogP contribution < -0.4 is 0 Å². The summed E-state index contributed by atoms with van der Waals surface area (Å²) in [5.74, 6) is 2.56. The molecule has 0 aliphatic heterocycles. The lowest BCUT2D eigenvalue weighted by molar-refractivity contribution is -0.167. The quantitative estimate of drug-likeness (QED) is 0.384. The van der Waals surface area contributed by atoms with Gasteiger partial charge in [-0.15, -0.1) is 0 Å². The SMILES string of the molecule is CCC(=O)[C@]12CCC(C)(C)C[C@H]1C1=CC[C@@H]3[C@@]4(C)CC=CC(C)(C)[C@@H]4CC[C@@]3(C)[C@]1(C)CC2. The van der Waals surface area contributed by atoms with Crippen LogP contribution in [0.1, 0.15) is 120 Å². The van der Waals surface area contributed by atoms with Gasteiger partial charge in [-0.25, -0.2) is 0 Å². The highest BCUT2D eigenvalue weighted by Gasteiger charge is 2.67. The third-order valence-corrected chi connectivity index (χ3v) is 12.8. The number of rotatable bonds is 2. The van der Waals surface area contributed by atoms with Gasteiger partial charge in [-0.05, 0) is 103 Å². The first-order valence-electron chi connectivity index (χ1n) is 14.2. The second-order valence-electron chi connectivity index (χ2n) is 15.1. The molecule has 3 fully saturated rings. The van der Waals surface area contributed by atoms with Crippen molar-refractivity contribution in [3.8, 4) is 0 Å². The molecule has 0 heterocycles. The summed E-state index contributed by atoms with van der Waals surface area (Å²) in [5.41, 5.74) is 3.26. The third-order valence-electron chi connectivity index (χ3n) is 12.8. The number of Topliss-reactive ketones (excluding diaryl/α,β-unsaturated/α-hetero) is 1. The summed E-state index contributed by atoms with van der Waals surface area (Å²) in [6.07, 6.45) is 19.5. The molecule has 0 aromatic heterocycles. The van der Waals surface area contributed by atoms with Crippen LogP contribution in [-0.2, 0) is 4.79 Å². The number of fused-ring (bicyclic) bond motifs is 7. The molecule has 1 heteroatoms. The number of hydrogen-bond donors (Lipinski definition) is 0. The minimum absolute atomic E-state index is 0.0739. The minimum Gasteiger partial charge on any atom is -0.299 e. The molecular formula is C32H50O. The Balaban J connectivity index is 1.61. The lowest BCUT2D eigenvalue weighted by atomic mass is 9.34. The van der Waals surface area contributed by atoms with Gasteiger partial charge in [0.2, 0.25) is 0 Å². The first-order chi connectivity index (χ1) is 15.3. The van der Waals surface area contributed by atoms with Gasteiger partial charge in [-0.1, -0.05) is 79.2 Å². The van der Waals surface area contributed by atoms with Crippen LogP contribution in [0.25, 0.3) is 0 Å². The van der Waals surface area contributed by atoms with Crippen molar-refractivity contribution in [3.05, 3.63) is 23.8 Å². The number of hydrogen-bond acceptors (Lipinski definition) is 1. The molecule has 33 heavy (non-hydrogen) atoms. The van der Waals surface area contributed by atoms with Crippen molar-refractivity contribution < 1.29 is 4.79 Å². The highest BCUT2D eigenvalue weighted by molar-refractivity contribution is 5.86. The molecule has 5 aliphatic carbocycles. The van der Waals surface area contributed by atoms with E-state index < -0.39 is 0 Å². The van der Waals surface area contributed by atoms with Gasteiger partial charge in [0.15, 0.2) is 0 Å². The molecule has 0 saturated heterocycles. The lowest BCUT2D eigenvalue weighted by Gasteiger charge is -2.70. The number of carbonyl (C=O) groups excluding carboxylic acids is 1. The fraction of sp³-hybridized carbons (Fsp3) is 0.844. The Morgan fingerprint density at radius 3 is 2.33 bits per heavy atom. The largest absolute Gasteiger partial charge is 0.299 e. The predicted octanol–water partition coefficient (Wildman–Crippen LogP) is 8.93. The van der Waals surface area contributed by atoms with Crippen LogP contribution in [0.3, 0.4) is 0 Å². The number of carbonyl (C=O) groups is 1. The maximum atomic E-state index is 13.6. The van der Waals surface area contributed by atoms with Crippen LogP contribution in [0, 0.1) is 50.2 Å². The molecule has 0 aromatic rings. The van der Waals surface area contributed by atoms with E-state index in [1.165, 1.54) is 44.9 Å².